The maximum absolute atomic E-state index is 13.0. The zero-order valence-electron chi connectivity index (χ0n) is 15.3. The molecule has 0 radical (unpaired) electrons. The van der Waals surface area contributed by atoms with Crippen LogP contribution in [0.2, 0.25) is 0 Å². The number of hydrogen-bond acceptors (Lipinski definition) is 4. The molecule has 2 rings (SSSR count). The molecule has 140 valence electrons. The van der Waals surface area contributed by atoms with E-state index < -0.39 is 6.04 Å². The fourth-order valence-corrected chi connectivity index (χ4v) is 3.20. The van der Waals surface area contributed by atoms with E-state index in [2.05, 4.69) is 27.5 Å². The van der Waals surface area contributed by atoms with Crippen LogP contribution in [0.15, 0.2) is 24.3 Å². The van der Waals surface area contributed by atoms with E-state index in [1.807, 2.05) is 14.1 Å². The van der Waals surface area contributed by atoms with E-state index in [0.29, 0.717) is 12.1 Å². The van der Waals surface area contributed by atoms with Gasteiger partial charge in [-0.25, -0.2) is 9.18 Å². The van der Waals surface area contributed by atoms with Crippen molar-refractivity contribution in [1.82, 2.24) is 20.4 Å². The summed E-state index contributed by atoms with van der Waals surface area (Å²) in [5, 5.41) is 15.2. The van der Waals surface area contributed by atoms with Crippen molar-refractivity contribution in [2.45, 2.75) is 24.4 Å². The van der Waals surface area contributed by atoms with E-state index in [9.17, 15) is 14.3 Å². The summed E-state index contributed by atoms with van der Waals surface area (Å²) in [6.07, 6.45) is 1.97. The Hall–Kier alpha value is -1.70. The normalized spacial score (nSPS) is 18.8. The summed E-state index contributed by atoms with van der Waals surface area (Å²) in [4.78, 5) is 16.8. The molecule has 1 aromatic rings. The molecule has 1 saturated heterocycles. The number of hydrogen-bond donors (Lipinski definition) is 3. The number of aliphatic hydroxyl groups is 1. The molecule has 0 aliphatic carbocycles. The molecule has 1 aromatic carbocycles. The van der Waals surface area contributed by atoms with Crippen molar-refractivity contribution in [2.75, 3.05) is 47.4 Å². The maximum atomic E-state index is 13.0. The average molecular weight is 352 g/mol. The molecule has 1 heterocycles. The summed E-state index contributed by atoms with van der Waals surface area (Å²) in [6.45, 7) is 2.29. The van der Waals surface area contributed by atoms with E-state index in [1.165, 1.54) is 12.1 Å². The largest absolute Gasteiger partial charge is 0.394 e. The number of halogens is 1. The molecule has 6 nitrogen and oxygen atoms in total. The van der Waals surface area contributed by atoms with Gasteiger partial charge in [0.15, 0.2) is 0 Å². The van der Waals surface area contributed by atoms with Crippen molar-refractivity contribution in [3.05, 3.63) is 35.6 Å². The maximum Gasteiger partial charge on any atom is 0.315 e. The first-order valence-corrected chi connectivity index (χ1v) is 8.63. The Labute approximate surface area is 149 Å². The van der Waals surface area contributed by atoms with Crippen molar-refractivity contribution >= 4 is 6.03 Å². The predicted octanol–water partition coefficient (Wildman–Crippen LogP) is 1.18. The number of piperidine rings is 1. The molecular formula is C18H29FN4O2. The lowest BCUT2D eigenvalue weighted by Crippen LogP contribution is -2.58. The molecule has 0 saturated carbocycles. The van der Waals surface area contributed by atoms with Gasteiger partial charge in [-0.1, -0.05) is 12.1 Å². The van der Waals surface area contributed by atoms with Crippen LogP contribution < -0.4 is 10.6 Å². The molecule has 1 aliphatic rings. The molecule has 3 N–H and O–H groups in total. The van der Waals surface area contributed by atoms with Crippen LogP contribution >= 0.6 is 0 Å². The summed E-state index contributed by atoms with van der Waals surface area (Å²) in [5.41, 5.74) is 0.606. The lowest BCUT2D eigenvalue weighted by molar-refractivity contribution is 0.0677. The third kappa shape index (κ3) is 5.14. The predicted molar refractivity (Wildman–Crippen MR) is 95.9 cm³/mol. The van der Waals surface area contributed by atoms with Crippen LogP contribution in [0.1, 0.15) is 24.4 Å². The van der Waals surface area contributed by atoms with Crippen LogP contribution in [0.3, 0.4) is 0 Å². The van der Waals surface area contributed by atoms with Gasteiger partial charge in [-0.15, -0.1) is 0 Å². The van der Waals surface area contributed by atoms with E-state index in [4.69, 9.17) is 0 Å². The molecule has 0 aromatic heterocycles. The second kappa shape index (κ2) is 8.60. The SMILES string of the molecule is CN1CCC(CNC(=O)NC(CO)c2ccc(F)cc2)(N(C)C)CC1. The van der Waals surface area contributed by atoms with Crippen molar-refractivity contribution in [3.8, 4) is 0 Å². The Morgan fingerprint density at radius 2 is 1.92 bits per heavy atom. The molecule has 25 heavy (non-hydrogen) atoms. The van der Waals surface area contributed by atoms with Crippen molar-refractivity contribution < 1.29 is 14.3 Å². The summed E-state index contributed by atoms with van der Waals surface area (Å²) in [7, 11) is 6.19. The molecule has 1 atom stereocenters. The zero-order chi connectivity index (χ0) is 18.4. The monoisotopic (exact) mass is 352 g/mol. The molecule has 7 heteroatoms. The van der Waals surface area contributed by atoms with Crippen LogP contribution in [-0.4, -0.2) is 73.9 Å². The number of likely N-dealkylation sites (N-methyl/N-ethyl adjacent to an activating group) is 1. The number of likely N-dealkylation sites (tertiary alicyclic amines) is 1. The van der Waals surface area contributed by atoms with Gasteiger partial charge in [-0.3, -0.25) is 0 Å². The molecule has 0 spiro atoms. The first-order valence-electron chi connectivity index (χ1n) is 8.63. The quantitative estimate of drug-likeness (QED) is 0.719. The second-order valence-electron chi connectivity index (χ2n) is 7.04. The Balaban J connectivity index is 1.92. The molecule has 1 unspecified atom stereocenters. The number of nitrogens with zero attached hydrogens (tertiary/aromatic N) is 2. The van der Waals surface area contributed by atoms with Crippen LogP contribution in [0.4, 0.5) is 9.18 Å². The lowest BCUT2D eigenvalue weighted by atomic mass is 9.86. The third-order valence-electron chi connectivity index (χ3n) is 5.20. The third-order valence-corrected chi connectivity index (χ3v) is 5.20. The van der Waals surface area contributed by atoms with Crippen LogP contribution in [-0.2, 0) is 0 Å². The Bertz CT molecular complexity index is 557. The summed E-state index contributed by atoms with van der Waals surface area (Å²) in [6, 6.07) is 4.87. The number of benzene rings is 1. The standard InChI is InChI=1S/C18H29FN4O2/c1-22(2)18(8-10-23(3)11-9-18)13-20-17(25)21-16(12-24)14-4-6-15(19)7-5-14/h4-7,16,24H,8-13H2,1-3H3,(H2,20,21,25). The summed E-state index contributed by atoms with van der Waals surface area (Å²) < 4.78 is 13.0. The minimum Gasteiger partial charge on any atom is -0.394 e. The van der Waals surface area contributed by atoms with Gasteiger partial charge in [0, 0.05) is 12.1 Å². The summed E-state index contributed by atoms with van der Waals surface area (Å²) in [5.74, 6) is -0.347. The zero-order valence-corrected chi connectivity index (χ0v) is 15.3. The molecule has 1 aliphatic heterocycles. The number of aliphatic hydroxyl groups excluding tert-OH is 1. The first kappa shape index (κ1) is 19.6. The number of nitrogens with one attached hydrogen (secondary N) is 2. The van der Waals surface area contributed by atoms with Crippen LogP contribution in [0.25, 0.3) is 0 Å². The van der Waals surface area contributed by atoms with Gasteiger partial charge >= 0.3 is 6.03 Å². The Kier molecular flexibility index (Phi) is 6.75. The highest BCUT2D eigenvalue weighted by atomic mass is 19.1. The molecule has 0 bridgehead atoms. The minimum atomic E-state index is -0.562. The van der Waals surface area contributed by atoms with Gasteiger partial charge in [0.2, 0.25) is 0 Å². The van der Waals surface area contributed by atoms with Crippen molar-refractivity contribution in [3.63, 3.8) is 0 Å². The highest BCUT2D eigenvalue weighted by Crippen LogP contribution is 2.25. The highest BCUT2D eigenvalue weighted by Gasteiger charge is 2.36. The van der Waals surface area contributed by atoms with E-state index in [-0.39, 0.29) is 24.0 Å². The van der Waals surface area contributed by atoms with Gasteiger partial charge in [0.05, 0.1) is 12.6 Å². The van der Waals surface area contributed by atoms with Crippen molar-refractivity contribution in [2.24, 2.45) is 0 Å². The van der Waals surface area contributed by atoms with Crippen LogP contribution in [0, 0.1) is 5.82 Å². The number of carbonyl (C=O) groups excluding carboxylic acids is 1. The number of carbonyl (C=O) groups is 1. The van der Waals surface area contributed by atoms with Crippen LogP contribution in [0.5, 0.6) is 0 Å². The fourth-order valence-electron chi connectivity index (χ4n) is 3.20. The first-order chi connectivity index (χ1) is 11.9. The fraction of sp³-hybridized carbons (Fsp3) is 0.611. The second-order valence-corrected chi connectivity index (χ2v) is 7.04. The van der Waals surface area contributed by atoms with E-state index in [0.717, 1.165) is 25.9 Å². The average Bonchev–Trinajstić information content (AvgIpc) is 2.60. The molecule has 1 fully saturated rings. The van der Waals surface area contributed by atoms with Gasteiger partial charge in [0.25, 0.3) is 0 Å². The van der Waals surface area contributed by atoms with Gasteiger partial charge in [0.1, 0.15) is 5.82 Å². The Morgan fingerprint density at radius 3 is 2.44 bits per heavy atom. The lowest BCUT2D eigenvalue weighted by Gasteiger charge is -2.45. The van der Waals surface area contributed by atoms with Gasteiger partial charge in [-0.2, -0.15) is 0 Å². The number of rotatable bonds is 6. The Morgan fingerprint density at radius 1 is 1.32 bits per heavy atom. The van der Waals surface area contributed by atoms with E-state index >= 15 is 0 Å². The smallest absolute Gasteiger partial charge is 0.315 e. The number of urea groups is 1. The highest BCUT2D eigenvalue weighted by molar-refractivity contribution is 5.74. The summed E-state index contributed by atoms with van der Waals surface area (Å²) >= 11 is 0. The molecular weight excluding hydrogens is 323 g/mol. The number of amides is 2. The van der Waals surface area contributed by atoms with Crippen molar-refractivity contribution in [1.29, 1.82) is 0 Å². The van der Waals surface area contributed by atoms with Gasteiger partial charge < -0.3 is 25.5 Å². The minimum absolute atomic E-state index is 0.0611. The topological polar surface area (TPSA) is 67.8 Å². The van der Waals surface area contributed by atoms with Gasteiger partial charge in [-0.05, 0) is 64.8 Å². The van der Waals surface area contributed by atoms with E-state index in [1.54, 1.807) is 12.1 Å². The molecule has 2 amide bonds.